The standard InChI is InChI=1S/C74H126O6/c1-4-7-10-13-16-19-22-25-28-31-34-36-37-39-40-43-46-49-52-55-58-61-64-67-73(76)79-70-71(69-78-72(75)66-63-60-57-54-51-48-45-42-33-30-27-24-21-18-15-12-9-6-3)80-74(77)68-65-62-59-56-53-50-47-44-41-38-35-32-29-26-23-20-17-14-11-8-5-2/h7,10,16,19,23,25-26,28,32,34-36,39-40,46,49,55,58,71H,4-6,8-9,11-15,17-18,20-22,24,27,29-31,33,37-38,41-45,47-48,50-54,56-57,59-70H2,1-3H3/b10-7-,19-16-,26-23-,28-25-,35-32-,36-34-,40-39-,49-46-,58-55-. The fourth-order valence-electron chi connectivity index (χ4n) is 9.46. The second-order valence-corrected chi connectivity index (χ2v) is 22.4. The predicted octanol–water partition coefficient (Wildman–Crippen LogP) is 23.4. The fourth-order valence-corrected chi connectivity index (χ4v) is 9.46. The molecule has 0 aliphatic carbocycles. The van der Waals surface area contributed by atoms with Crippen LogP contribution in [0, 0.1) is 0 Å². The summed E-state index contributed by atoms with van der Waals surface area (Å²) in [5, 5.41) is 0. The summed E-state index contributed by atoms with van der Waals surface area (Å²) in [5.74, 6) is -0.950. The van der Waals surface area contributed by atoms with Crippen molar-refractivity contribution in [2.75, 3.05) is 13.2 Å². The molecule has 0 aromatic heterocycles. The molecule has 0 N–H and O–H groups in total. The highest BCUT2D eigenvalue weighted by molar-refractivity contribution is 5.71. The van der Waals surface area contributed by atoms with E-state index in [2.05, 4.69) is 130 Å². The second-order valence-electron chi connectivity index (χ2n) is 22.4. The Hall–Kier alpha value is -3.93. The monoisotopic (exact) mass is 1110 g/mol. The van der Waals surface area contributed by atoms with Gasteiger partial charge in [0.05, 0.1) is 0 Å². The highest BCUT2D eigenvalue weighted by Crippen LogP contribution is 2.17. The zero-order valence-corrected chi connectivity index (χ0v) is 52.6. The molecular formula is C74H126O6. The number of carbonyl (C=O) groups excluding carboxylic acids is 3. The number of carbonyl (C=O) groups is 3. The number of unbranched alkanes of at least 4 members (excludes halogenated alkanes) is 32. The van der Waals surface area contributed by atoms with Crippen LogP contribution in [-0.4, -0.2) is 37.2 Å². The third kappa shape index (κ3) is 64.9. The zero-order chi connectivity index (χ0) is 57.8. The van der Waals surface area contributed by atoms with E-state index in [-0.39, 0.29) is 37.5 Å². The average molecular weight is 1110 g/mol. The van der Waals surface area contributed by atoms with E-state index in [1.165, 1.54) is 180 Å². The molecule has 0 amide bonds. The molecule has 0 radical (unpaired) electrons. The fraction of sp³-hybridized carbons (Fsp3) is 0.716. The van der Waals surface area contributed by atoms with Gasteiger partial charge in [-0.3, -0.25) is 14.4 Å². The molecule has 6 nitrogen and oxygen atoms in total. The molecule has 458 valence electrons. The van der Waals surface area contributed by atoms with Crippen LogP contribution in [0.4, 0.5) is 0 Å². The van der Waals surface area contributed by atoms with Gasteiger partial charge in [-0.15, -0.1) is 0 Å². The minimum atomic E-state index is -0.806. The van der Waals surface area contributed by atoms with E-state index in [4.69, 9.17) is 14.2 Å². The summed E-state index contributed by atoms with van der Waals surface area (Å²) in [6, 6.07) is 0. The van der Waals surface area contributed by atoms with E-state index >= 15 is 0 Å². The SMILES string of the molecule is CC/C=C\C/C=C\C/C=C\C/C=C\C/C=C\C/C=C\C/C=C\CCCC(=O)OCC(COC(=O)CCCCCCCCCCCCCCCCCCCC)OC(=O)CCCCCCCCCCC/C=C\C/C=C\CCCCCCC. The summed E-state index contributed by atoms with van der Waals surface area (Å²) in [7, 11) is 0. The van der Waals surface area contributed by atoms with Gasteiger partial charge in [0.2, 0.25) is 0 Å². The van der Waals surface area contributed by atoms with Crippen LogP contribution in [0.25, 0.3) is 0 Å². The highest BCUT2D eigenvalue weighted by Gasteiger charge is 2.19. The van der Waals surface area contributed by atoms with Crippen LogP contribution in [0.3, 0.4) is 0 Å². The van der Waals surface area contributed by atoms with Crippen LogP contribution < -0.4 is 0 Å². The van der Waals surface area contributed by atoms with Crippen LogP contribution >= 0.6 is 0 Å². The Bertz CT molecular complexity index is 1610. The lowest BCUT2D eigenvalue weighted by molar-refractivity contribution is -0.167. The minimum absolute atomic E-state index is 0.0961. The topological polar surface area (TPSA) is 78.9 Å². The number of ether oxygens (including phenoxy) is 3. The quantitative estimate of drug-likeness (QED) is 0.0261. The van der Waals surface area contributed by atoms with Gasteiger partial charge in [-0.05, 0) is 103 Å². The molecule has 80 heavy (non-hydrogen) atoms. The Kier molecular flexibility index (Phi) is 64.3. The van der Waals surface area contributed by atoms with Gasteiger partial charge in [-0.1, -0.05) is 310 Å². The van der Waals surface area contributed by atoms with Crippen molar-refractivity contribution in [2.45, 2.75) is 329 Å². The van der Waals surface area contributed by atoms with Crippen molar-refractivity contribution in [3.05, 3.63) is 109 Å². The molecule has 0 aromatic rings. The van der Waals surface area contributed by atoms with Gasteiger partial charge in [-0.25, -0.2) is 0 Å². The number of hydrogen-bond donors (Lipinski definition) is 0. The van der Waals surface area contributed by atoms with Gasteiger partial charge >= 0.3 is 17.9 Å². The molecule has 0 heterocycles. The van der Waals surface area contributed by atoms with E-state index in [0.717, 1.165) is 96.3 Å². The molecule has 0 fully saturated rings. The van der Waals surface area contributed by atoms with Gasteiger partial charge in [0.15, 0.2) is 6.10 Å². The molecule has 0 spiro atoms. The third-order valence-corrected chi connectivity index (χ3v) is 14.5. The molecule has 1 atom stereocenters. The molecule has 1 unspecified atom stereocenters. The number of esters is 3. The molecule has 6 heteroatoms. The first-order chi connectivity index (χ1) is 39.5. The summed E-state index contributed by atoms with van der Waals surface area (Å²) < 4.78 is 16.9. The van der Waals surface area contributed by atoms with Crippen LogP contribution in [0.2, 0.25) is 0 Å². The first-order valence-electron chi connectivity index (χ1n) is 33.9. The molecule has 0 aromatic carbocycles. The Morgan fingerprint density at radius 2 is 0.500 bits per heavy atom. The van der Waals surface area contributed by atoms with Gasteiger partial charge in [-0.2, -0.15) is 0 Å². The maximum Gasteiger partial charge on any atom is 0.306 e. The molecule has 0 aliphatic heterocycles. The zero-order valence-electron chi connectivity index (χ0n) is 52.6. The molecule has 0 aliphatic rings. The Morgan fingerprint density at radius 1 is 0.263 bits per heavy atom. The van der Waals surface area contributed by atoms with Crippen molar-refractivity contribution < 1.29 is 28.6 Å². The summed E-state index contributed by atoms with van der Waals surface area (Å²) in [5.41, 5.74) is 0. The van der Waals surface area contributed by atoms with E-state index in [1.807, 2.05) is 0 Å². The summed E-state index contributed by atoms with van der Waals surface area (Å²) in [6.07, 6.45) is 92.4. The third-order valence-electron chi connectivity index (χ3n) is 14.5. The number of hydrogen-bond acceptors (Lipinski definition) is 6. The van der Waals surface area contributed by atoms with Gasteiger partial charge in [0, 0.05) is 19.3 Å². The first kappa shape index (κ1) is 76.1. The maximum atomic E-state index is 12.9. The van der Waals surface area contributed by atoms with Gasteiger partial charge in [0.25, 0.3) is 0 Å². The second kappa shape index (κ2) is 67.6. The van der Waals surface area contributed by atoms with Gasteiger partial charge < -0.3 is 14.2 Å². The van der Waals surface area contributed by atoms with Crippen molar-refractivity contribution in [1.82, 2.24) is 0 Å². The Balaban J connectivity index is 4.48. The van der Waals surface area contributed by atoms with Crippen molar-refractivity contribution >= 4 is 17.9 Å². The smallest absolute Gasteiger partial charge is 0.306 e. The summed E-state index contributed by atoms with van der Waals surface area (Å²) in [4.78, 5) is 38.4. The van der Waals surface area contributed by atoms with Gasteiger partial charge in [0.1, 0.15) is 13.2 Å². The van der Waals surface area contributed by atoms with Crippen molar-refractivity contribution in [3.8, 4) is 0 Å². The lowest BCUT2D eigenvalue weighted by Crippen LogP contribution is -2.30. The largest absolute Gasteiger partial charge is 0.462 e. The highest BCUT2D eigenvalue weighted by atomic mass is 16.6. The lowest BCUT2D eigenvalue weighted by Gasteiger charge is -2.18. The first-order valence-corrected chi connectivity index (χ1v) is 33.9. The van der Waals surface area contributed by atoms with E-state index in [0.29, 0.717) is 19.3 Å². The van der Waals surface area contributed by atoms with E-state index < -0.39 is 6.10 Å². The number of allylic oxidation sites excluding steroid dienone is 18. The molecular weight excluding hydrogens is 985 g/mol. The molecule has 0 saturated carbocycles. The summed E-state index contributed by atoms with van der Waals surface area (Å²) >= 11 is 0. The van der Waals surface area contributed by atoms with Crippen LogP contribution in [0.15, 0.2) is 109 Å². The Morgan fingerprint density at radius 3 is 0.812 bits per heavy atom. The maximum absolute atomic E-state index is 12.9. The van der Waals surface area contributed by atoms with E-state index in [9.17, 15) is 14.4 Å². The Labute approximate surface area is 495 Å². The molecule has 0 saturated heterocycles. The molecule has 0 rings (SSSR count). The average Bonchev–Trinajstić information content (AvgIpc) is 3.46. The van der Waals surface area contributed by atoms with Crippen LogP contribution in [0.1, 0.15) is 323 Å². The minimum Gasteiger partial charge on any atom is -0.462 e. The van der Waals surface area contributed by atoms with Crippen molar-refractivity contribution in [1.29, 1.82) is 0 Å². The predicted molar refractivity (Wildman–Crippen MR) is 348 cm³/mol. The summed E-state index contributed by atoms with van der Waals surface area (Å²) in [6.45, 7) is 6.50. The van der Waals surface area contributed by atoms with Crippen LogP contribution in [0.5, 0.6) is 0 Å². The van der Waals surface area contributed by atoms with Crippen molar-refractivity contribution in [2.24, 2.45) is 0 Å². The van der Waals surface area contributed by atoms with E-state index in [1.54, 1.807) is 0 Å². The normalized spacial score (nSPS) is 12.8. The molecule has 0 bridgehead atoms. The van der Waals surface area contributed by atoms with Crippen molar-refractivity contribution in [3.63, 3.8) is 0 Å². The lowest BCUT2D eigenvalue weighted by atomic mass is 10.0. The number of rotatable bonds is 61. The van der Waals surface area contributed by atoms with Crippen LogP contribution in [-0.2, 0) is 28.6 Å².